The molecule has 5 heteroatoms. The van der Waals surface area contributed by atoms with E-state index in [2.05, 4.69) is 17.4 Å². The molecule has 1 saturated heterocycles. The predicted octanol–water partition coefficient (Wildman–Crippen LogP) is 1.54. The second-order valence-electron chi connectivity index (χ2n) is 5.60. The molecule has 1 unspecified atom stereocenters. The lowest BCUT2D eigenvalue weighted by Gasteiger charge is -2.21. The van der Waals surface area contributed by atoms with E-state index in [1.165, 1.54) is 5.56 Å². The van der Waals surface area contributed by atoms with Crippen LogP contribution in [-0.4, -0.2) is 48.5 Å². The Labute approximate surface area is 125 Å². The number of hydrogen-bond donors (Lipinski definition) is 3. The average Bonchev–Trinajstić information content (AvgIpc) is 2.93. The van der Waals surface area contributed by atoms with E-state index in [1.807, 2.05) is 19.1 Å². The standard InChI is InChI=1S/C16H25NO4/c1-16(20-9-10-21-16)8-2-3-13-4-6-14(7-5-13)17-11-15(19)12-18/h4-7,15,17-19H,2-3,8-12H2,1H3. The highest BCUT2D eigenvalue weighted by molar-refractivity contribution is 5.44. The van der Waals surface area contributed by atoms with Gasteiger partial charge in [-0.15, -0.1) is 0 Å². The summed E-state index contributed by atoms with van der Waals surface area (Å²) in [6.45, 7) is 3.50. The first kappa shape index (κ1) is 16.2. The van der Waals surface area contributed by atoms with Crippen molar-refractivity contribution in [3.63, 3.8) is 0 Å². The molecule has 0 bridgehead atoms. The van der Waals surface area contributed by atoms with Gasteiger partial charge in [0, 0.05) is 18.7 Å². The molecule has 0 aliphatic carbocycles. The van der Waals surface area contributed by atoms with Gasteiger partial charge in [-0.25, -0.2) is 0 Å². The van der Waals surface area contributed by atoms with E-state index < -0.39 is 11.9 Å². The number of aliphatic hydroxyl groups is 2. The minimum atomic E-state index is -0.725. The van der Waals surface area contributed by atoms with E-state index in [-0.39, 0.29) is 6.61 Å². The fourth-order valence-corrected chi connectivity index (χ4v) is 2.40. The molecule has 0 amide bonds. The molecule has 2 rings (SSSR count). The number of aryl methyl sites for hydroxylation is 1. The van der Waals surface area contributed by atoms with Gasteiger partial charge >= 0.3 is 0 Å². The Bertz CT molecular complexity index is 415. The first-order valence-corrected chi connectivity index (χ1v) is 7.51. The summed E-state index contributed by atoms with van der Waals surface area (Å²) >= 11 is 0. The molecule has 1 aliphatic rings. The molecule has 1 aromatic carbocycles. The molecule has 0 saturated carbocycles. The fourth-order valence-electron chi connectivity index (χ4n) is 2.40. The van der Waals surface area contributed by atoms with Gasteiger partial charge in [-0.05, 0) is 37.5 Å². The second kappa shape index (κ2) is 7.75. The van der Waals surface area contributed by atoms with Gasteiger partial charge in [-0.2, -0.15) is 0 Å². The molecule has 1 aliphatic heterocycles. The highest BCUT2D eigenvalue weighted by Crippen LogP contribution is 2.25. The Morgan fingerprint density at radius 3 is 2.52 bits per heavy atom. The Kier molecular flexibility index (Phi) is 5.99. The van der Waals surface area contributed by atoms with Crippen LogP contribution in [0.2, 0.25) is 0 Å². The van der Waals surface area contributed by atoms with Gasteiger partial charge < -0.3 is 25.0 Å². The number of rotatable bonds is 8. The van der Waals surface area contributed by atoms with Crippen molar-refractivity contribution in [3.05, 3.63) is 29.8 Å². The molecular weight excluding hydrogens is 270 g/mol. The van der Waals surface area contributed by atoms with Crippen molar-refractivity contribution < 1.29 is 19.7 Å². The van der Waals surface area contributed by atoms with Crippen LogP contribution < -0.4 is 5.32 Å². The zero-order chi connectivity index (χ0) is 15.1. The number of anilines is 1. The van der Waals surface area contributed by atoms with Crippen LogP contribution in [0.1, 0.15) is 25.3 Å². The zero-order valence-electron chi connectivity index (χ0n) is 12.5. The van der Waals surface area contributed by atoms with Crippen LogP contribution in [0.3, 0.4) is 0 Å². The molecule has 1 atom stereocenters. The van der Waals surface area contributed by atoms with E-state index >= 15 is 0 Å². The molecule has 21 heavy (non-hydrogen) atoms. The monoisotopic (exact) mass is 295 g/mol. The molecule has 1 heterocycles. The Balaban J connectivity index is 1.72. The van der Waals surface area contributed by atoms with Crippen LogP contribution in [0, 0.1) is 0 Å². The molecular formula is C16H25NO4. The first-order valence-electron chi connectivity index (χ1n) is 7.51. The Morgan fingerprint density at radius 2 is 1.90 bits per heavy atom. The SMILES string of the molecule is CC1(CCCc2ccc(NCC(O)CO)cc2)OCCO1. The number of benzene rings is 1. The average molecular weight is 295 g/mol. The van der Waals surface area contributed by atoms with Gasteiger partial charge in [-0.1, -0.05) is 12.1 Å². The largest absolute Gasteiger partial charge is 0.394 e. The van der Waals surface area contributed by atoms with Crippen LogP contribution >= 0.6 is 0 Å². The van der Waals surface area contributed by atoms with Gasteiger partial charge in [0.05, 0.1) is 25.9 Å². The number of aliphatic hydroxyl groups excluding tert-OH is 2. The summed E-state index contributed by atoms with van der Waals surface area (Å²) in [4.78, 5) is 0. The minimum absolute atomic E-state index is 0.228. The maximum atomic E-state index is 9.28. The van der Waals surface area contributed by atoms with Crippen molar-refractivity contribution in [2.24, 2.45) is 0 Å². The van der Waals surface area contributed by atoms with Crippen LogP contribution in [0.4, 0.5) is 5.69 Å². The quantitative estimate of drug-likeness (QED) is 0.678. The Morgan fingerprint density at radius 1 is 1.24 bits per heavy atom. The van der Waals surface area contributed by atoms with Gasteiger partial charge in [0.2, 0.25) is 0 Å². The summed E-state index contributed by atoms with van der Waals surface area (Å²) in [5.74, 6) is -0.401. The van der Waals surface area contributed by atoms with E-state index in [0.717, 1.165) is 24.9 Å². The van der Waals surface area contributed by atoms with Gasteiger partial charge in [0.25, 0.3) is 0 Å². The highest BCUT2D eigenvalue weighted by atomic mass is 16.7. The van der Waals surface area contributed by atoms with Crippen molar-refractivity contribution >= 4 is 5.69 Å². The highest BCUT2D eigenvalue weighted by Gasteiger charge is 2.29. The maximum Gasteiger partial charge on any atom is 0.165 e. The first-order chi connectivity index (χ1) is 10.1. The smallest absolute Gasteiger partial charge is 0.165 e. The predicted molar refractivity (Wildman–Crippen MR) is 81.3 cm³/mol. The second-order valence-corrected chi connectivity index (χ2v) is 5.60. The lowest BCUT2D eigenvalue weighted by atomic mass is 10.0. The maximum absolute atomic E-state index is 9.28. The van der Waals surface area contributed by atoms with Crippen LogP contribution in [0.15, 0.2) is 24.3 Å². The number of ether oxygens (including phenoxy) is 2. The molecule has 5 nitrogen and oxygen atoms in total. The van der Waals surface area contributed by atoms with Crippen LogP contribution in [0.25, 0.3) is 0 Å². The molecule has 0 aromatic heterocycles. The molecule has 3 N–H and O–H groups in total. The molecule has 1 aromatic rings. The zero-order valence-corrected chi connectivity index (χ0v) is 12.5. The van der Waals surface area contributed by atoms with Gasteiger partial charge in [0.15, 0.2) is 5.79 Å². The van der Waals surface area contributed by atoms with Crippen LogP contribution in [0.5, 0.6) is 0 Å². The molecule has 118 valence electrons. The lowest BCUT2D eigenvalue weighted by molar-refractivity contribution is -0.147. The van der Waals surface area contributed by atoms with Crippen molar-refractivity contribution in [1.82, 2.24) is 0 Å². The third kappa shape index (κ3) is 5.28. The Hall–Kier alpha value is -1.14. The fraction of sp³-hybridized carbons (Fsp3) is 0.625. The molecule has 0 spiro atoms. The van der Waals surface area contributed by atoms with Crippen molar-refractivity contribution in [2.45, 2.75) is 38.1 Å². The van der Waals surface area contributed by atoms with Crippen molar-refractivity contribution in [3.8, 4) is 0 Å². The van der Waals surface area contributed by atoms with E-state index in [9.17, 15) is 5.11 Å². The van der Waals surface area contributed by atoms with Gasteiger partial charge in [-0.3, -0.25) is 0 Å². The van der Waals surface area contributed by atoms with E-state index in [4.69, 9.17) is 14.6 Å². The lowest BCUT2D eigenvalue weighted by Crippen LogP contribution is -2.25. The summed E-state index contributed by atoms with van der Waals surface area (Å²) in [6.07, 6.45) is 2.18. The molecule has 0 radical (unpaired) electrons. The third-order valence-corrected chi connectivity index (χ3v) is 3.70. The summed E-state index contributed by atoms with van der Waals surface area (Å²) in [5, 5.41) is 21.1. The van der Waals surface area contributed by atoms with Crippen molar-refractivity contribution in [2.75, 3.05) is 31.7 Å². The van der Waals surface area contributed by atoms with Gasteiger partial charge in [0.1, 0.15) is 0 Å². The number of nitrogens with one attached hydrogen (secondary N) is 1. The van der Waals surface area contributed by atoms with E-state index in [0.29, 0.717) is 19.8 Å². The van der Waals surface area contributed by atoms with Crippen LogP contribution in [-0.2, 0) is 15.9 Å². The summed E-state index contributed by atoms with van der Waals surface area (Å²) in [7, 11) is 0. The number of hydrogen-bond acceptors (Lipinski definition) is 5. The van der Waals surface area contributed by atoms with Crippen molar-refractivity contribution in [1.29, 1.82) is 0 Å². The summed E-state index contributed by atoms with van der Waals surface area (Å²) in [5.41, 5.74) is 2.21. The normalized spacial score (nSPS) is 18.6. The topological polar surface area (TPSA) is 71.0 Å². The van der Waals surface area contributed by atoms with E-state index in [1.54, 1.807) is 0 Å². The summed E-state index contributed by atoms with van der Waals surface area (Å²) < 4.78 is 11.2. The molecule has 1 fully saturated rings. The third-order valence-electron chi connectivity index (χ3n) is 3.70. The minimum Gasteiger partial charge on any atom is -0.394 e. The summed E-state index contributed by atoms with van der Waals surface area (Å²) in [6, 6.07) is 8.13.